The van der Waals surface area contributed by atoms with Crippen LogP contribution in [0.2, 0.25) is 0 Å². The smallest absolute Gasteiger partial charge is 0.135 e. The first-order chi connectivity index (χ1) is 10.2. The molecule has 0 spiro atoms. The second kappa shape index (κ2) is 7.02. The Bertz CT molecular complexity index is 615. The summed E-state index contributed by atoms with van der Waals surface area (Å²) >= 11 is 0. The van der Waals surface area contributed by atoms with E-state index in [9.17, 15) is 0 Å². The molecule has 0 bridgehead atoms. The Labute approximate surface area is 126 Å². The lowest BCUT2D eigenvalue weighted by Crippen LogP contribution is -2.20. The third-order valence-corrected chi connectivity index (χ3v) is 3.82. The molecule has 0 saturated carbocycles. The van der Waals surface area contributed by atoms with Crippen LogP contribution in [0.15, 0.2) is 42.6 Å². The van der Waals surface area contributed by atoms with Gasteiger partial charge in [0.15, 0.2) is 0 Å². The molecule has 0 aliphatic heterocycles. The van der Waals surface area contributed by atoms with Gasteiger partial charge < -0.3 is 5.32 Å². The highest BCUT2D eigenvalue weighted by Crippen LogP contribution is 2.20. The highest BCUT2D eigenvalue weighted by molar-refractivity contribution is 6.14. The van der Waals surface area contributed by atoms with E-state index in [1.165, 1.54) is 0 Å². The number of pyridine rings is 1. The summed E-state index contributed by atoms with van der Waals surface area (Å²) in [5.41, 5.74) is 3.45. The number of hydrogen-bond acceptors (Lipinski definition) is 3. The van der Waals surface area contributed by atoms with Gasteiger partial charge in [0.1, 0.15) is 5.82 Å². The van der Waals surface area contributed by atoms with Crippen molar-refractivity contribution in [3.8, 4) is 0 Å². The zero-order chi connectivity index (χ0) is 15.2. The predicted octanol–water partition coefficient (Wildman–Crippen LogP) is 4.41. The van der Waals surface area contributed by atoms with E-state index in [1.807, 2.05) is 43.3 Å². The van der Waals surface area contributed by atoms with Gasteiger partial charge >= 0.3 is 0 Å². The van der Waals surface area contributed by atoms with Gasteiger partial charge in [-0.25, -0.2) is 4.98 Å². The van der Waals surface area contributed by atoms with Crippen molar-refractivity contribution in [1.82, 2.24) is 4.98 Å². The fourth-order valence-corrected chi connectivity index (χ4v) is 2.41. The molecule has 0 aliphatic carbocycles. The number of nitrogens with one attached hydrogen (secondary N) is 2. The van der Waals surface area contributed by atoms with Gasteiger partial charge in [0.25, 0.3) is 0 Å². The number of rotatable bonds is 6. The van der Waals surface area contributed by atoms with E-state index in [0.717, 1.165) is 35.3 Å². The minimum absolute atomic E-state index is 0.392. The first-order valence-electron chi connectivity index (χ1n) is 7.53. The van der Waals surface area contributed by atoms with E-state index < -0.39 is 0 Å². The van der Waals surface area contributed by atoms with Gasteiger partial charge in [-0.05, 0) is 37.5 Å². The zero-order valence-electron chi connectivity index (χ0n) is 13.0. The molecule has 0 fully saturated rings. The van der Waals surface area contributed by atoms with Gasteiger partial charge in [0.2, 0.25) is 0 Å². The van der Waals surface area contributed by atoms with Crippen LogP contribution in [0.1, 0.15) is 43.4 Å². The second-order valence-electron chi connectivity index (χ2n) is 5.25. The van der Waals surface area contributed by atoms with E-state index in [0.29, 0.717) is 11.8 Å². The molecule has 2 N–H and O–H groups in total. The maximum Gasteiger partial charge on any atom is 0.135 e. The number of benzene rings is 1. The Kier molecular flexibility index (Phi) is 5.09. The number of aromatic nitrogens is 1. The molecule has 21 heavy (non-hydrogen) atoms. The molecule has 0 atom stereocenters. The largest absolute Gasteiger partial charge is 0.367 e. The Morgan fingerprint density at radius 3 is 2.43 bits per heavy atom. The summed E-state index contributed by atoms with van der Waals surface area (Å²) in [5.74, 6) is 0.805. The standard InChI is InChI=1S/C18H23N3/c1-4-14(5-2)21-18-16(11-8-12-20-18)17(19)15-10-7-6-9-13(15)3/h6-12,14,19H,4-5H2,1-3H3,(H,20,21). The minimum Gasteiger partial charge on any atom is -0.367 e. The molecule has 3 nitrogen and oxygen atoms in total. The summed E-state index contributed by atoms with van der Waals surface area (Å²) in [6, 6.07) is 12.2. The summed E-state index contributed by atoms with van der Waals surface area (Å²) < 4.78 is 0. The van der Waals surface area contributed by atoms with Crippen LogP contribution in [0.3, 0.4) is 0 Å². The van der Waals surface area contributed by atoms with Crippen molar-refractivity contribution < 1.29 is 0 Å². The summed E-state index contributed by atoms with van der Waals surface area (Å²) in [6.45, 7) is 6.36. The quantitative estimate of drug-likeness (QED) is 0.771. The third-order valence-electron chi connectivity index (χ3n) is 3.82. The lowest BCUT2D eigenvalue weighted by atomic mass is 9.98. The molecular weight excluding hydrogens is 258 g/mol. The van der Waals surface area contributed by atoms with Crippen molar-refractivity contribution in [2.45, 2.75) is 39.7 Å². The van der Waals surface area contributed by atoms with E-state index in [2.05, 4.69) is 24.1 Å². The van der Waals surface area contributed by atoms with Crippen molar-refractivity contribution in [2.24, 2.45) is 0 Å². The van der Waals surface area contributed by atoms with Gasteiger partial charge in [-0.1, -0.05) is 38.1 Å². The van der Waals surface area contributed by atoms with Crippen molar-refractivity contribution in [3.05, 3.63) is 59.3 Å². The monoisotopic (exact) mass is 281 g/mol. The fourth-order valence-electron chi connectivity index (χ4n) is 2.41. The zero-order valence-corrected chi connectivity index (χ0v) is 13.0. The maximum atomic E-state index is 8.53. The summed E-state index contributed by atoms with van der Waals surface area (Å²) in [5, 5.41) is 12.0. The van der Waals surface area contributed by atoms with Crippen LogP contribution in [0.5, 0.6) is 0 Å². The average molecular weight is 281 g/mol. The molecule has 2 aromatic rings. The number of anilines is 1. The molecular formula is C18H23N3. The predicted molar refractivity (Wildman–Crippen MR) is 89.3 cm³/mol. The highest BCUT2D eigenvalue weighted by Gasteiger charge is 2.14. The van der Waals surface area contributed by atoms with Gasteiger partial charge in [0, 0.05) is 23.4 Å². The molecule has 0 saturated heterocycles. The maximum absolute atomic E-state index is 8.53. The van der Waals surface area contributed by atoms with Crippen LogP contribution in [0.25, 0.3) is 0 Å². The molecule has 1 aromatic heterocycles. The molecule has 2 rings (SSSR count). The Hall–Kier alpha value is -2.16. The van der Waals surface area contributed by atoms with Crippen LogP contribution in [-0.2, 0) is 0 Å². The molecule has 3 heteroatoms. The van der Waals surface area contributed by atoms with E-state index in [1.54, 1.807) is 6.20 Å². The normalized spacial score (nSPS) is 10.7. The lowest BCUT2D eigenvalue weighted by Gasteiger charge is -2.18. The molecule has 0 aliphatic rings. The van der Waals surface area contributed by atoms with Crippen molar-refractivity contribution >= 4 is 11.5 Å². The average Bonchev–Trinajstić information content (AvgIpc) is 2.53. The lowest BCUT2D eigenvalue weighted by molar-refractivity contribution is 0.668. The first kappa shape index (κ1) is 15.2. The minimum atomic E-state index is 0.392. The number of hydrogen-bond donors (Lipinski definition) is 2. The topological polar surface area (TPSA) is 48.8 Å². The van der Waals surface area contributed by atoms with Gasteiger partial charge in [-0.15, -0.1) is 0 Å². The van der Waals surface area contributed by atoms with Gasteiger partial charge in [-0.3, -0.25) is 5.41 Å². The van der Waals surface area contributed by atoms with Crippen molar-refractivity contribution in [1.29, 1.82) is 5.41 Å². The van der Waals surface area contributed by atoms with Crippen LogP contribution >= 0.6 is 0 Å². The van der Waals surface area contributed by atoms with E-state index in [4.69, 9.17) is 5.41 Å². The van der Waals surface area contributed by atoms with Crippen LogP contribution in [0.4, 0.5) is 5.82 Å². The Morgan fingerprint density at radius 1 is 1.10 bits per heavy atom. The van der Waals surface area contributed by atoms with Gasteiger partial charge in [0.05, 0.1) is 5.71 Å². The van der Waals surface area contributed by atoms with Crippen LogP contribution in [0, 0.1) is 12.3 Å². The summed E-state index contributed by atoms with van der Waals surface area (Å²) in [4.78, 5) is 4.44. The van der Waals surface area contributed by atoms with Crippen molar-refractivity contribution in [2.75, 3.05) is 5.32 Å². The van der Waals surface area contributed by atoms with Gasteiger partial charge in [-0.2, -0.15) is 0 Å². The molecule has 110 valence electrons. The summed E-state index contributed by atoms with van der Waals surface area (Å²) in [6.07, 6.45) is 3.87. The van der Waals surface area contributed by atoms with E-state index >= 15 is 0 Å². The van der Waals surface area contributed by atoms with E-state index in [-0.39, 0.29) is 0 Å². The molecule has 1 heterocycles. The number of nitrogens with zero attached hydrogens (tertiary/aromatic N) is 1. The van der Waals surface area contributed by atoms with Crippen molar-refractivity contribution in [3.63, 3.8) is 0 Å². The first-order valence-corrected chi connectivity index (χ1v) is 7.53. The molecule has 0 radical (unpaired) electrons. The SMILES string of the molecule is CCC(CC)Nc1ncccc1C(=N)c1ccccc1C. The molecule has 1 aromatic carbocycles. The summed E-state index contributed by atoms with van der Waals surface area (Å²) in [7, 11) is 0. The Balaban J connectivity index is 2.36. The molecule has 0 amide bonds. The third kappa shape index (κ3) is 3.48. The molecule has 0 unspecified atom stereocenters. The van der Waals surface area contributed by atoms with Crippen LogP contribution < -0.4 is 5.32 Å². The highest BCUT2D eigenvalue weighted by atomic mass is 15.0. The Morgan fingerprint density at radius 2 is 1.76 bits per heavy atom. The fraction of sp³-hybridized carbons (Fsp3) is 0.333. The number of aryl methyl sites for hydroxylation is 1. The second-order valence-corrected chi connectivity index (χ2v) is 5.25. The van der Waals surface area contributed by atoms with Crippen LogP contribution in [-0.4, -0.2) is 16.7 Å².